The van der Waals surface area contributed by atoms with Crippen LogP contribution in [0.4, 0.5) is 5.69 Å². The number of hydrogen-bond acceptors (Lipinski definition) is 5. The Labute approximate surface area is 162 Å². The molecule has 0 aromatic heterocycles. The zero-order chi connectivity index (χ0) is 19.8. The van der Waals surface area contributed by atoms with Crippen LogP contribution in [-0.4, -0.2) is 70.2 Å². The van der Waals surface area contributed by atoms with E-state index < -0.39 is 11.8 Å². The molecule has 0 spiro atoms. The van der Waals surface area contributed by atoms with E-state index >= 15 is 0 Å². The predicted octanol–water partition coefficient (Wildman–Crippen LogP) is 1.01. The number of morpholine rings is 1. The number of hydrogen-bond donors (Lipinski definition) is 2. The Morgan fingerprint density at radius 3 is 2.11 bits per heavy atom. The van der Waals surface area contributed by atoms with Gasteiger partial charge in [0.1, 0.15) is 0 Å². The molecule has 2 rings (SSSR count). The Morgan fingerprint density at radius 2 is 1.59 bits per heavy atom. The summed E-state index contributed by atoms with van der Waals surface area (Å²) in [4.78, 5) is 28.4. The van der Waals surface area contributed by atoms with E-state index in [2.05, 4.69) is 39.8 Å². The highest BCUT2D eigenvalue weighted by atomic mass is 16.5. The molecule has 1 aliphatic heterocycles. The summed E-state index contributed by atoms with van der Waals surface area (Å²) >= 11 is 0. The minimum absolute atomic E-state index is 0.00645. The predicted molar refractivity (Wildman–Crippen MR) is 107 cm³/mol. The lowest BCUT2D eigenvalue weighted by atomic mass is 10.0. The van der Waals surface area contributed by atoms with E-state index in [0.29, 0.717) is 32.2 Å². The number of anilines is 1. The van der Waals surface area contributed by atoms with Crippen LogP contribution in [0.2, 0.25) is 0 Å². The Bertz CT molecular complexity index is 610. The largest absolute Gasteiger partial charge is 0.379 e. The molecule has 0 bridgehead atoms. The van der Waals surface area contributed by atoms with Crippen molar-refractivity contribution in [1.82, 2.24) is 15.5 Å². The van der Waals surface area contributed by atoms with Gasteiger partial charge in [0.15, 0.2) is 0 Å². The van der Waals surface area contributed by atoms with Crippen LogP contribution in [0.15, 0.2) is 24.3 Å². The maximum Gasteiger partial charge on any atom is 0.309 e. The molecule has 27 heavy (non-hydrogen) atoms. The van der Waals surface area contributed by atoms with Gasteiger partial charge < -0.3 is 20.3 Å². The number of ether oxygens (including phenoxy) is 1. The molecule has 1 aliphatic rings. The molecule has 0 saturated carbocycles. The monoisotopic (exact) mass is 376 g/mol. The van der Waals surface area contributed by atoms with Gasteiger partial charge in [0.2, 0.25) is 0 Å². The minimum atomic E-state index is -0.584. The van der Waals surface area contributed by atoms with Gasteiger partial charge in [0.05, 0.1) is 19.3 Å². The first kappa shape index (κ1) is 21.2. The second-order valence-corrected chi connectivity index (χ2v) is 7.46. The molecule has 1 fully saturated rings. The van der Waals surface area contributed by atoms with E-state index in [1.165, 1.54) is 0 Å². The summed E-state index contributed by atoms with van der Waals surface area (Å²) in [5.74, 6) is -0.857. The molecule has 150 valence electrons. The van der Waals surface area contributed by atoms with E-state index in [0.717, 1.165) is 24.3 Å². The van der Waals surface area contributed by atoms with Gasteiger partial charge in [-0.1, -0.05) is 26.0 Å². The molecular formula is C20H32N4O3. The first-order valence-corrected chi connectivity index (χ1v) is 9.53. The topological polar surface area (TPSA) is 73.9 Å². The third kappa shape index (κ3) is 6.52. The number of benzene rings is 1. The van der Waals surface area contributed by atoms with Gasteiger partial charge in [-0.2, -0.15) is 0 Å². The molecular weight excluding hydrogens is 344 g/mol. The fraction of sp³-hybridized carbons (Fsp3) is 0.600. The third-order valence-corrected chi connectivity index (χ3v) is 4.61. The average Bonchev–Trinajstić information content (AvgIpc) is 2.67. The summed E-state index contributed by atoms with van der Waals surface area (Å²) in [6, 6.07) is 8.31. The summed E-state index contributed by atoms with van der Waals surface area (Å²) in [5.41, 5.74) is 2.24. The lowest BCUT2D eigenvalue weighted by molar-refractivity contribution is -0.139. The van der Waals surface area contributed by atoms with E-state index in [4.69, 9.17) is 4.74 Å². The van der Waals surface area contributed by atoms with Crippen molar-refractivity contribution in [3.63, 3.8) is 0 Å². The van der Waals surface area contributed by atoms with Crippen LogP contribution in [-0.2, 0) is 14.3 Å². The SMILES string of the molecule is CC(C)CNC(=O)C(=O)NCC(c1ccc(N(C)C)cc1)N1CCOCC1. The molecule has 7 heteroatoms. The maximum atomic E-state index is 12.1. The second kappa shape index (κ2) is 10.3. The molecule has 2 N–H and O–H groups in total. The number of carbonyl (C=O) groups excluding carboxylic acids is 2. The van der Waals surface area contributed by atoms with Gasteiger partial charge in [-0.25, -0.2) is 0 Å². The smallest absolute Gasteiger partial charge is 0.309 e. The molecule has 1 atom stereocenters. The Hall–Kier alpha value is -2.12. The highest BCUT2D eigenvalue weighted by Gasteiger charge is 2.24. The van der Waals surface area contributed by atoms with Crippen molar-refractivity contribution in [1.29, 1.82) is 0 Å². The molecule has 1 aromatic carbocycles. The normalized spacial score (nSPS) is 16.0. The third-order valence-electron chi connectivity index (χ3n) is 4.61. The van der Waals surface area contributed by atoms with Crippen LogP contribution in [0.3, 0.4) is 0 Å². The zero-order valence-corrected chi connectivity index (χ0v) is 16.8. The summed E-state index contributed by atoms with van der Waals surface area (Å²) < 4.78 is 5.45. The van der Waals surface area contributed by atoms with E-state index in [9.17, 15) is 9.59 Å². The first-order chi connectivity index (χ1) is 12.9. The van der Waals surface area contributed by atoms with Crippen LogP contribution in [0.25, 0.3) is 0 Å². The van der Waals surface area contributed by atoms with Crippen molar-refractivity contribution < 1.29 is 14.3 Å². The van der Waals surface area contributed by atoms with E-state index in [1.54, 1.807) is 0 Å². The lowest BCUT2D eigenvalue weighted by Crippen LogP contribution is -2.47. The lowest BCUT2D eigenvalue weighted by Gasteiger charge is -2.35. The highest BCUT2D eigenvalue weighted by molar-refractivity contribution is 6.35. The fourth-order valence-electron chi connectivity index (χ4n) is 2.99. The van der Waals surface area contributed by atoms with Crippen LogP contribution in [0, 0.1) is 5.92 Å². The summed E-state index contributed by atoms with van der Waals surface area (Å²) in [5, 5.41) is 5.45. The fourth-order valence-corrected chi connectivity index (χ4v) is 2.99. The van der Waals surface area contributed by atoms with Gasteiger partial charge in [0.25, 0.3) is 0 Å². The van der Waals surface area contributed by atoms with E-state index in [1.807, 2.05) is 32.8 Å². The molecule has 2 amide bonds. The summed E-state index contributed by atoms with van der Waals surface area (Å²) in [6.45, 7) is 7.81. The van der Waals surface area contributed by atoms with Crippen molar-refractivity contribution in [3.05, 3.63) is 29.8 Å². The first-order valence-electron chi connectivity index (χ1n) is 9.53. The van der Waals surface area contributed by atoms with Gasteiger partial charge >= 0.3 is 11.8 Å². The highest BCUT2D eigenvalue weighted by Crippen LogP contribution is 2.23. The standard InChI is InChI=1S/C20H32N4O3/c1-15(2)13-21-19(25)20(26)22-14-18(24-9-11-27-12-10-24)16-5-7-17(8-6-16)23(3)4/h5-8,15,18H,9-14H2,1-4H3,(H,21,25)(H,22,26). The van der Waals surface area contributed by atoms with Crippen molar-refractivity contribution in [3.8, 4) is 0 Å². The molecule has 0 aliphatic carbocycles. The van der Waals surface area contributed by atoms with Crippen LogP contribution < -0.4 is 15.5 Å². The minimum Gasteiger partial charge on any atom is -0.379 e. The number of nitrogens with zero attached hydrogens (tertiary/aromatic N) is 2. The van der Waals surface area contributed by atoms with Crippen LogP contribution >= 0.6 is 0 Å². The van der Waals surface area contributed by atoms with E-state index in [-0.39, 0.29) is 6.04 Å². The Morgan fingerprint density at radius 1 is 1.04 bits per heavy atom. The number of carbonyl (C=O) groups is 2. The van der Waals surface area contributed by atoms with Gasteiger partial charge in [-0.05, 0) is 23.6 Å². The summed E-state index contributed by atoms with van der Waals surface area (Å²) in [6.07, 6.45) is 0. The number of rotatable bonds is 7. The maximum absolute atomic E-state index is 12.1. The summed E-state index contributed by atoms with van der Waals surface area (Å²) in [7, 11) is 4.01. The number of nitrogens with one attached hydrogen (secondary N) is 2. The zero-order valence-electron chi connectivity index (χ0n) is 16.8. The number of amides is 2. The second-order valence-electron chi connectivity index (χ2n) is 7.46. The average molecular weight is 377 g/mol. The van der Waals surface area contributed by atoms with Crippen LogP contribution in [0.5, 0.6) is 0 Å². The molecule has 7 nitrogen and oxygen atoms in total. The van der Waals surface area contributed by atoms with Gasteiger partial charge in [-0.3, -0.25) is 14.5 Å². The van der Waals surface area contributed by atoms with Crippen molar-refractivity contribution in [2.24, 2.45) is 5.92 Å². The molecule has 1 saturated heterocycles. The molecule has 1 unspecified atom stereocenters. The van der Waals surface area contributed by atoms with Crippen molar-refractivity contribution >= 4 is 17.5 Å². The Balaban J connectivity index is 2.04. The van der Waals surface area contributed by atoms with Crippen molar-refractivity contribution in [2.45, 2.75) is 19.9 Å². The molecule has 1 heterocycles. The van der Waals surface area contributed by atoms with Gasteiger partial charge in [0, 0.05) is 46.0 Å². The molecule has 1 aromatic rings. The van der Waals surface area contributed by atoms with Crippen molar-refractivity contribution in [2.75, 3.05) is 58.4 Å². The van der Waals surface area contributed by atoms with Gasteiger partial charge in [-0.15, -0.1) is 0 Å². The molecule has 0 radical (unpaired) electrons. The Kier molecular flexibility index (Phi) is 8.06. The van der Waals surface area contributed by atoms with Crippen LogP contribution in [0.1, 0.15) is 25.5 Å². The quantitative estimate of drug-likeness (QED) is 0.695.